The first kappa shape index (κ1) is 23.9. The Bertz CT molecular complexity index is 1430. The Labute approximate surface area is 215 Å². The van der Waals surface area contributed by atoms with Crippen LogP contribution < -0.4 is 0 Å². The second-order valence-electron chi connectivity index (χ2n) is 10.4. The molecule has 0 atom stereocenters. The molecule has 0 bridgehead atoms. The molecule has 0 amide bonds. The van der Waals surface area contributed by atoms with Crippen molar-refractivity contribution in [1.29, 1.82) is 0 Å². The summed E-state index contributed by atoms with van der Waals surface area (Å²) in [5.41, 5.74) is 7.94. The zero-order valence-electron chi connectivity index (χ0n) is 21.5. The molecule has 0 spiro atoms. The van der Waals surface area contributed by atoms with Gasteiger partial charge in [0.15, 0.2) is 5.82 Å². The summed E-state index contributed by atoms with van der Waals surface area (Å²) >= 11 is 0. The molecule has 7 nitrogen and oxygen atoms in total. The quantitative estimate of drug-likeness (QED) is 0.347. The number of hydrogen-bond acceptors (Lipinski definition) is 5. The van der Waals surface area contributed by atoms with Crippen LogP contribution >= 0.6 is 0 Å². The molecule has 2 aliphatic rings. The minimum atomic E-state index is -0.722. The summed E-state index contributed by atoms with van der Waals surface area (Å²) in [4.78, 5) is 11.2. The molecule has 9 heteroatoms. The summed E-state index contributed by atoms with van der Waals surface area (Å²) in [5, 5.41) is 9.69. The maximum atomic E-state index is 13.5. The van der Waals surface area contributed by atoms with E-state index in [0.29, 0.717) is 37.8 Å². The van der Waals surface area contributed by atoms with Crippen LogP contribution in [0.3, 0.4) is 0 Å². The van der Waals surface area contributed by atoms with Gasteiger partial charge >= 0.3 is 0 Å². The van der Waals surface area contributed by atoms with Crippen molar-refractivity contribution in [2.45, 2.75) is 59.3 Å². The summed E-state index contributed by atoms with van der Waals surface area (Å²) < 4.78 is 30.8. The van der Waals surface area contributed by atoms with E-state index in [9.17, 15) is 8.78 Å². The predicted molar refractivity (Wildman–Crippen MR) is 137 cm³/mol. The van der Waals surface area contributed by atoms with Gasteiger partial charge in [0.05, 0.1) is 17.1 Å². The number of alkyl halides is 1. The molecule has 3 aromatic heterocycles. The molecule has 0 N–H and O–H groups in total. The lowest BCUT2D eigenvalue weighted by Gasteiger charge is -2.34. The van der Waals surface area contributed by atoms with E-state index in [1.54, 1.807) is 18.5 Å². The van der Waals surface area contributed by atoms with Gasteiger partial charge in [-0.05, 0) is 69.4 Å². The molecule has 2 fully saturated rings. The molecule has 1 aromatic carbocycles. The second-order valence-corrected chi connectivity index (χ2v) is 10.4. The van der Waals surface area contributed by atoms with Crippen molar-refractivity contribution in [2.24, 2.45) is 5.92 Å². The number of benzene rings is 1. The zero-order chi connectivity index (χ0) is 25.7. The van der Waals surface area contributed by atoms with Crippen molar-refractivity contribution in [2.75, 3.05) is 13.1 Å². The van der Waals surface area contributed by atoms with Gasteiger partial charge in [0.25, 0.3) is 0 Å². The second kappa shape index (κ2) is 9.45. The van der Waals surface area contributed by atoms with Crippen LogP contribution in [0.4, 0.5) is 8.78 Å². The Morgan fingerprint density at radius 2 is 1.76 bits per heavy atom. The van der Waals surface area contributed by atoms with Gasteiger partial charge < -0.3 is 0 Å². The van der Waals surface area contributed by atoms with Gasteiger partial charge in [-0.15, -0.1) is 0 Å². The molecular weight excluding hydrogens is 472 g/mol. The summed E-state index contributed by atoms with van der Waals surface area (Å²) in [6.45, 7) is 8.65. The lowest BCUT2D eigenvalue weighted by Crippen LogP contribution is -2.47. The minimum absolute atomic E-state index is 0.253. The molecule has 4 aromatic rings. The standard InChI is InChI=1S/C28H31F2N7/c1-17-26(36(12-20-4-5-20)34-28(17)21-6-8-22(29)9-7-21)10-24-11-27(32-16-31-24)37-19(3)25(18(2)33-37)15-35-13-23(30)14-35/h6-9,11,16,20,23H,4-5,10,12-15H2,1-3H3. The van der Waals surface area contributed by atoms with E-state index in [2.05, 4.69) is 26.5 Å². The lowest BCUT2D eigenvalue weighted by molar-refractivity contribution is 0.0588. The number of hydrogen-bond donors (Lipinski definition) is 0. The summed E-state index contributed by atoms with van der Waals surface area (Å²) in [5.74, 6) is 1.12. The van der Waals surface area contributed by atoms with E-state index >= 15 is 0 Å². The molecule has 1 aliphatic carbocycles. The molecule has 1 aliphatic heterocycles. The number of aryl methyl sites for hydroxylation is 1. The van der Waals surface area contributed by atoms with Gasteiger partial charge in [-0.2, -0.15) is 10.2 Å². The number of likely N-dealkylation sites (tertiary alicyclic amines) is 1. The molecule has 1 saturated carbocycles. The van der Waals surface area contributed by atoms with Crippen LogP contribution in [0.15, 0.2) is 36.7 Å². The van der Waals surface area contributed by atoms with Crippen LogP contribution in [0.1, 0.15) is 46.7 Å². The third-order valence-corrected chi connectivity index (χ3v) is 7.58. The average molecular weight is 504 g/mol. The zero-order valence-corrected chi connectivity index (χ0v) is 21.5. The first-order valence-electron chi connectivity index (χ1n) is 12.9. The number of halogens is 2. The van der Waals surface area contributed by atoms with Crippen LogP contribution in [-0.2, 0) is 19.5 Å². The van der Waals surface area contributed by atoms with E-state index < -0.39 is 6.17 Å². The van der Waals surface area contributed by atoms with Crippen LogP contribution in [0.25, 0.3) is 17.1 Å². The normalized spacial score (nSPS) is 16.4. The van der Waals surface area contributed by atoms with E-state index in [1.807, 2.05) is 24.6 Å². The third-order valence-electron chi connectivity index (χ3n) is 7.58. The monoisotopic (exact) mass is 503 g/mol. The van der Waals surface area contributed by atoms with Crippen LogP contribution in [0.5, 0.6) is 0 Å². The molecule has 37 heavy (non-hydrogen) atoms. The van der Waals surface area contributed by atoms with E-state index in [-0.39, 0.29) is 5.82 Å². The van der Waals surface area contributed by atoms with E-state index in [4.69, 9.17) is 10.2 Å². The molecule has 0 radical (unpaired) electrons. The molecule has 0 unspecified atom stereocenters. The summed E-state index contributed by atoms with van der Waals surface area (Å²) in [7, 11) is 0. The Morgan fingerprint density at radius 3 is 2.46 bits per heavy atom. The first-order valence-corrected chi connectivity index (χ1v) is 12.9. The van der Waals surface area contributed by atoms with Crippen LogP contribution in [0, 0.1) is 32.5 Å². The predicted octanol–water partition coefficient (Wildman–Crippen LogP) is 4.74. The molecule has 1 saturated heterocycles. The van der Waals surface area contributed by atoms with Crippen molar-refractivity contribution in [3.05, 3.63) is 76.4 Å². The number of rotatable bonds is 8. The smallest absolute Gasteiger partial charge is 0.157 e. The lowest BCUT2D eigenvalue weighted by atomic mass is 10.0. The molecule has 192 valence electrons. The fourth-order valence-corrected chi connectivity index (χ4v) is 5.14. The number of aromatic nitrogens is 6. The highest BCUT2D eigenvalue weighted by Gasteiger charge is 2.28. The Hall–Kier alpha value is -3.46. The maximum Gasteiger partial charge on any atom is 0.157 e. The van der Waals surface area contributed by atoms with Gasteiger partial charge in [0.2, 0.25) is 0 Å². The first-order chi connectivity index (χ1) is 17.9. The summed E-state index contributed by atoms with van der Waals surface area (Å²) in [6.07, 6.45) is 3.93. The minimum Gasteiger partial charge on any atom is -0.293 e. The largest absolute Gasteiger partial charge is 0.293 e. The number of nitrogens with zero attached hydrogens (tertiary/aromatic N) is 7. The highest BCUT2D eigenvalue weighted by atomic mass is 19.1. The van der Waals surface area contributed by atoms with Crippen molar-refractivity contribution in [1.82, 2.24) is 34.4 Å². The van der Waals surface area contributed by atoms with Gasteiger partial charge in [-0.25, -0.2) is 23.4 Å². The molecular formula is C28H31F2N7. The van der Waals surface area contributed by atoms with Crippen LogP contribution in [-0.4, -0.2) is 53.7 Å². The highest BCUT2D eigenvalue weighted by Crippen LogP contribution is 2.33. The van der Waals surface area contributed by atoms with Gasteiger partial charge in [-0.1, -0.05) is 0 Å². The van der Waals surface area contributed by atoms with Crippen molar-refractivity contribution in [3.8, 4) is 17.1 Å². The average Bonchev–Trinajstić information content (AvgIpc) is 3.58. The van der Waals surface area contributed by atoms with Crippen molar-refractivity contribution >= 4 is 0 Å². The fraction of sp³-hybridized carbons (Fsp3) is 0.429. The topological polar surface area (TPSA) is 64.7 Å². The Morgan fingerprint density at radius 1 is 1.00 bits per heavy atom. The fourth-order valence-electron chi connectivity index (χ4n) is 5.14. The molecule has 6 rings (SSSR count). The van der Waals surface area contributed by atoms with Crippen molar-refractivity contribution < 1.29 is 8.78 Å². The third kappa shape index (κ3) is 4.80. The van der Waals surface area contributed by atoms with Gasteiger partial charge in [-0.3, -0.25) is 9.58 Å². The van der Waals surface area contributed by atoms with Crippen molar-refractivity contribution in [3.63, 3.8) is 0 Å². The summed E-state index contributed by atoms with van der Waals surface area (Å²) in [6, 6.07) is 8.51. The molecule has 4 heterocycles. The highest BCUT2D eigenvalue weighted by molar-refractivity contribution is 5.64. The van der Waals surface area contributed by atoms with Crippen LogP contribution in [0.2, 0.25) is 0 Å². The SMILES string of the molecule is Cc1nn(-c2cc(Cc3c(C)c(-c4ccc(F)cc4)nn3CC3CC3)ncn2)c(C)c1CN1CC(F)C1. The maximum absolute atomic E-state index is 13.5. The van der Waals surface area contributed by atoms with E-state index in [1.165, 1.54) is 25.0 Å². The Balaban J connectivity index is 1.30. The van der Waals surface area contributed by atoms with Gasteiger partial charge in [0, 0.05) is 61.2 Å². The van der Waals surface area contributed by atoms with Gasteiger partial charge in [0.1, 0.15) is 18.3 Å². The Kier molecular flexibility index (Phi) is 6.10. The van der Waals surface area contributed by atoms with E-state index in [0.717, 1.165) is 51.7 Å².